The second-order valence-corrected chi connectivity index (χ2v) is 4.93. The average Bonchev–Trinajstić information content (AvgIpc) is 2.85. The van der Waals surface area contributed by atoms with Gasteiger partial charge in [0.05, 0.1) is 6.54 Å². The van der Waals surface area contributed by atoms with Crippen LogP contribution in [0.15, 0.2) is 24.3 Å². The second kappa shape index (κ2) is 5.87. The molecule has 98 valence electrons. The van der Waals surface area contributed by atoms with Gasteiger partial charge in [0.1, 0.15) is 5.75 Å². The third kappa shape index (κ3) is 3.47. The summed E-state index contributed by atoms with van der Waals surface area (Å²) in [4.78, 5) is 15.9. The number of hydrogen-bond acceptors (Lipinski definition) is 3. The van der Waals surface area contributed by atoms with Gasteiger partial charge in [0, 0.05) is 19.6 Å². The molecule has 0 bridgehead atoms. The first-order valence-corrected chi connectivity index (χ1v) is 6.39. The number of rotatable bonds is 4. The van der Waals surface area contributed by atoms with Crippen molar-refractivity contribution in [1.29, 1.82) is 0 Å². The molecular weight excluding hydrogens is 228 g/mol. The summed E-state index contributed by atoms with van der Waals surface area (Å²) in [5.74, 6) is 0.489. The molecule has 1 amide bonds. The molecule has 1 aliphatic rings. The van der Waals surface area contributed by atoms with Crippen molar-refractivity contribution >= 4 is 5.91 Å². The van der Waals surface area contributed by atoms with Crippen molar-refractivity contribution in [3.05, 3.63) is 29.8 Å². The molecule has 18 heavy (non-hydrogen) atoms. The summed E-state index contributed by atoms with van der Waals surface area (Å²) in [6, 6.07) is 7.11. The maximum atomic E-state index is 11.9. The minimum absolute atomic E-state index is 0.216. The Labute approximate surface area is 108 Å². The largest absolute Gasteiger partial charge is 0.508 e. The Kier molecular flexibility index (Phi) is 4.20. The van der Waals surface area contributed by atoms with Gasteiger partial charge in [-0.25, -0.2) is 0 Å². The number of carbonyl (C=O) groups excluding carboxylic acids is 1. The van der Waals surface area contributed by atoms with Gasteiger partial charge in [-0.3, -0.25) is 9.69 Å². The number of hydrogen-bond donors (Lipinski definition) is 1. The minimum atomic E-state index is 0.216. The molecule has 0 unspecified atom stereocenters. The van der Waals surface area contributed by atoms with Crippen LogP contribution in [-0.4, -0.2) is 47.5 Å². The van der Waals surface area contributed by atoms with Crippen LogP contribution >= 0.6 is 0 Å². The van der Waals surface area contributed by atoms with E-state index in [2.05, 4.69) is 0 Å². The molecule has 0 aliphatic carbocycles. The number of aromatic hydroxyl groups is 1. The molecule has 1 fully saturated rings. The monoisotopic (exact) mass is 248 g/mol. The molecule has 0 aromatic heterocycles. The molecule has 4 heteroatoms. The molecule has 1 saturated heterocycles. The van der Waals surface area contributed by atoms with Gasteiger partial charge in [-0.1, -0.05) is 12.1 Å². The highest BCUT2D eigenvalue weighted by atomic mass is 16.3. The molecule has 1 aromatic rings. The van der Waals surface area contributed by atoms with Gasteiger partial charge in [0.25, 0.3) is 0 Å². The van der Waals surface area contributed by atoms with E-state index in [0.29, 0.717) is 6.54 Å². The fraction of sp³-hybridized carbons (Fsp3) is 0.500. The van der Waals surface area contributed by atoms with E-state index in [1.165, 1.54) is 0 Å². The predicted octanol–water partition coefficient (Wildman–Crippen LogP) is 1.45. The van der Waals surface area contributed by atoms with Crippen LogP contribution in [0.25, 0.3) is 0 Å². The van der Waals surface area contributed by atoms with E-state index in [1.807, 2.05) is 29.0 Å². The lowest BCUT2D eigenvalue weighted by atomic mass is 10.2. The van der Waals surface area contributed by atoms with Crippen LogP contribution in [0.1, 0.15) is 18.4 Å². The summed E-state index contributed by atoms with van der Waals surface area (Å²) in [7, 11) is 1.95. The lowest BCUT2D eigenvalue weighted by Crippen LogP contribution is -2.36. The SMILES string of the molecule is CN(CC(=O)N1CCCC1)Cc1ccc(O)cc1. The standard InChI is InChI=1S/C14H20N2O2/c1-15(10-12-4-6-13(17)7-5-12)11-14(18)16-8-2-3-9-16/h4-7,17H,2-3,8-11H2,1H3. The number of likely N-dealkylation sites (N-methyl/N-ethyl adjacent to an activating group) is 1. The van der Waals surface area contributed by atoms with Crippen molar-refractivity contribution in [2.75, 3.05) is 26.7 Å². The summed E-state index contributed by atoms with van der Waals surface area (Å²) in [5, 5.41) is 9.21. The lowest BCUT2D eigenvalue weighted by molar-refractivity contribution is -0.131. The average molecular weight is 248 g/mol. The van der Waals surface area contributed by atoms with Gasteiger partial charge in [0.2, 0.25) is 5.91 Å². The molecule has 0 atom stereocenters. The van der Waals surface area contributed by atoms with Gasteiger partial charge in [-0.2, -0.15) is 0 Å². The first-order chi connectivity index (χ1) is 8.65. The van der Waals surface area contributed by atoms with Crippen LogP contribution < -0.4 is 0 Å². The Morgan fingerprint density at radius 1 is 1.28 bits per heavy atom. The summed E-state index contributed by atoms with van der Waals surface area (Å²) >= 11 is 0. The number of amides is 1. The second-order valence-electron chi connectivity index (χ2n) is 4.93. The molecular formula is C14H20N2O2. The van der Waals surface area contributed by atoms with Crippen LogP contribution in [-0.2, 0) is 11.3 Å². The third-order valence-electron chi connectivity index (χ3n) is 3.25. The van der Waals surface area contributed by atoms with E-state index in [9.17, 15) is 9.90 Å². The van der Waals surface area contributed by atoms with E-state index >= 15 is 0 Å². The van der Waals surface area contributed by atoms with Gasteiger partial charge < -0.3 is 10.0 Å². The highest BCUT2D eigenvalue weighted by Crippen LogP contribution is 2.12. The van der Waals surface area contributed by atoms with Gasteiger partial charge in [0.15, 0.2) is 0 Å². The first kappa shape index (κ1) is 12.9. The van der Waals surface area contributed by atoms with E-state index in [0.717, 1.165) is 38.0 Å². The molecule has 0 radical (unpaired) electrons. The quantitative estimate of drug-likeness (QED) is 0.877. The number of nitrogens with zero attached hydrogens (tertiary/aromatic N) is 2. The van der Waals surface area contributed by atoms with Crippen molar-refractivity contribution in [1.82, 2.24) is 9.80 Å². The summed E-state index contributed by atoms with van der Waals surface area (Å²) in [5.41, 5.74) is 1.10. The maximum absolute atomic E-state index is 11.9. The normalized spacial score (nSPS) is 15.3. The Morgan fingerprint density at radius 2 is 1.89 bits per heavy atom. The van der Waals surface area contributed by atoms with Crippen molar-refractivity contribution < 1.29 is 9.90 Å². The molecule has 2 rings (SSSR count). The molecule has 4 nitrogen and oxygen atoms in total. The lowest BCUT2D eigenvalue weighted by Gasteiger charge is -2.21. The van der Waals surface area contributed by atoms with Crippen molar-refractivity contribution in [3.8, 4) is 5.75 Å². The van der Waals surface area contributed by atoms with Crippen LogP contribution in [0.4, 0.5) is 0 Å². The topological polar surface area (TPSA) is 43.8 Å². The zero-order valence-corrected chi connectivity index (χ0v) is 10.8. The van der Waals surface area contributed by atoms with E-state index < -0.39 is 0 Å². The molecule has 1 aliphatic heterocycles. The Bertz CT molecular complexity index is 397. The number of phenolic OH excluding ortho intramolecular Hbond substituents is 1. The highest BCUT2D eigenvalue weighted by molar-refractivity contribution is 5.78. The Morgan fingerprint density at radius 3 is 2.50 bits per heavy atom. The van der Waals surface area contributed by atoms with Gasteiger partial charge >= 0.3 is 0 Å². The summed E-state index contributed by atoms with van der Waals surface area (Å²) in [6.45, 7) is 3.00. The van der Waals surface area contributed by atoms with Crippen molar-refractivity contribution in [3.63, 3.8) is 0 Å². The Balaban J connectivity index is 1.82. The highest BCUT2D eigenvalue weighted by Gasteiger charge is 2.18. The number of phenols is 1. The van der Waals surface area contributed by atoms with Crippen LogP contribution in [0.2, 0.25) is 0 Å². The van der Waals surface area contributed by atoms with Crippen LogP contribution in [0, 0.1) is 0 Å². The summed E-state index contributed by atoms with van der Waals surface area (Å²) in [6.07, 6.45) is 2.26. The van der Waals surface area contributed by atoms with Gasteiger partial charge in [-0.05, 0) is 37.6 Å². The Hall–Kier alpha value is -1.55. The van der Waals surface area contributed by atoms with Crippen LogP contribution in [0.5, 0.6) is 5.75 Å². The fourth-order valence-corrected chi connectivity index (χ4v) is 2.27. The number of carbonyl (C=O) groups is 1. The summed E-state index contributed by atoms with van der Waals surface area (Å²) < 4.78 is 0. The molecule has 1 heterocycles. The van der Waals surface area contributed by atoms with E-state index in [4.69, 9.17) is 0 Å². The zero-order chi connectivity index (χ0) is 13.0. The predicted molar refractivity (Wildman–Crippen MR) is 70.3 cm³/mol. The van der Waals surface area contributed by atoms with Crippen molar-refractivity contribution in [2.24, 2.45) is 0 Å². The number of benzene rings is 1. The van der Waals surface area contributed by atoms with E-state index in [1.54, 1.807) is 12.1 Å². The van der Waals surface area contributed by atoms with Crippen LogP contribution in [0.3, 0.4) is 0 Å². The third-order valence-corrected chi connectivity index (χ3v) is 3.25. The van der Waals surface area contributed by atoms with E-state index in [-0.39, 0.29) is 11.7 Å². The zero-order valence-electron chi connectivity index (χ0n) is 10.8. The smallest absolute Gasteiger partial charge is 0.236 e. The first-order valence-electron chi connectivity index (χ1n) is 6.39. The minimum Gasteiger partial charge on any atom is -0.508 e. The molecule has 1 N–H and O–H groups in total. The van der Waals surface area contributed by atoms with Crippen molar-refractivity contribution in [2.45, 2.75) is 19.4 Å². The maximum Gasteiger partial charge on any atom is 0.236 e. The van der Waals surface area contributed by atoms with Gasteiger partial charge in [-0.15, -0.1) is 0 Å². The molecule has 0 spiro atoms. The molecule has 1 aromatic carbocycles. The fourth-order valence-electron chi connectivity index (χ4n) is 2.27. The number of likely N-dealkylation sites (tertiary alicyclic amines) is 1. The molecule has 0 saturated carbocycles.